The third-order valence-corrected chi connectivity index (χ3v) is 3.36. The van der Waals surface area contributed by atoms with Crippen molar-refractivity contribution in [2.75, 3.05) is 7.05 Å². The standard InChI is InChI=1S/C15H14ClF2N/c1-9-3-8-12(14(18)13(9)17)15(19-2)10-4-6-11(16)7-5-10/h3-8,15,19H,1-2H3. The Balaban J connectivity index is 2.48. The van der Waals surface area contributed by atoms with Gasteiger partial charge >= 0.3 is 0 Å². The molecular formula is C15H14ClF2N. The van der Waals surface area contributed by atoms with E-state index in [2.05, 4.69) is 5.32 Å². The summed E-state index contributed by atoms with van der Waals surface area (Å²) < 4.78 is 27.7. The Kier molecular flexibility index (Phi) is 4.17. The highest BCUT2D eigenvalue weighted by atomic mass is 35.5. The maximum atomic E-state index is 14.0. The lowest BCUT2D eigenvalue weighted by atomic mass is 9.97. The fraction of sp³-hybridized carbons (Fsp3) is 0.200. The average Bonchev–Trinajstić information content (AvgIpc) is 2.41. The van der Waals surface area contributed by atoms with Crippen LogP contribution < -0.4 is 5.32 Å². The molecule has 0 spiro atoms. The van der Waals surface area contributed by atoms with Crippen LogP contribution in [0.5, 0.6) is 0 Å². The molecule has 0 aromatic heterocycles. The van der Waals surface area contributed by atoms with E-state index in [4.69, 9.17) is 11.6 Å². The maximum Gasteiger partial charge on any atom is 0.164 e. The molecule has 0 heterocycles. The molecule has 0 aliphatic carbocycles. The smallest absolute Gasteiger partial charge is 0.164 e. The number of rotatable bonds is 3. The van der Waals surface area contributed by atoms with E-state index in [1.165, 1.54) is 0 Å². The molecule has 0 aliphatic rings. The third-order valence-electron chi connectivity index (χ3n) is 3.11. The van der Waals surface area contributed by atoms with E-state index in [1.54, 1.807) is 50.4 Å². The molecule has 2 rings (SSSR count). The second-order valence-corrected chi connectivity index (χ2v) is 4.81. The highest BCUT2D eigenvalue weighted by Crippen LogP contribution is 2.27. The first-order chi connectivity index (χ1) is 9.04. The van der Waals surface area contributed by atoms with Crippen molar-refractivity contribution in [2.24, 2.45) is 0 Å². The molecule has 1 unspecified atom stereocenters. The average molecular weight is 282 g/mol. The Hall–Kier alpha value is -1.45. The molecule has 1 nitrogen and oxygen atoms in total. The van der Waals surface area contributed by atoms with Crippen molar-refractivity contribution in [1.29, 1.82) is 0 Å². The van der Waals surface area contributed by atoms with Crippen molar-refractivity contribution in [3.63, 3.8) is 0 Å². The van der Waals surface area contributed by atoms with Crippen molar-refractivity contribution in [2.45, 2.75) is 13.0 Å². The summed E-state index contributed by atoms with van der Waals surface area (Å²) in [4.78, 5) is 0. The molecule has 100 valence electrons. The van der Waals surface area contributed by atoms with Gasteiger partial charge in [-0.15, -0.1) is 0 Å². The van der Waals surface area contributed by atoms with E-state index < -0.39 is 17.7 Å². The van der Waals surface area contributed by atoms with Crippen molar-refractivity contribution in [3.05, 3.63) is 69.7 Å². The highest BCUT2D eigenvalue weighted by Gasteiger charge is 2.19. The summed E-state index contributed by atoms with van der Waals surface area (Å²) in [5, 5.41) is 3.60. The zero-order chi connectivity index (χ0) is 14.0. The summed E-state index contributed by atoms with van der Waals surface area (Å²) >= 11 is 5.83. The zero-order valence-electron chi connectivity index (χ0n) is 10.7. The topological polar surface area (TPSA) is 12.0 Å². The van der Waals surface area contributed by atoms with Crippen LogP contribution in [0.4, 0.5) is 8.78 Å². The first-order valence-corrected chi connectivity index (χ1v) is 6.29. The lowest BCUT2D eigenvalue weighted by Crippen LogP contribution is -2.19. The Labute approximate surface area is 116 Å². The van der Waals surface area contributed by atoms with Gasteiger partial charge in [-0.2, -0.15) is 0 Å². The van der Waals surface area contributed by atoms with Gasteiger partial charge in [0, 0.05) is 10.6 Å². The van der Waals surface area contributed by atoms with Gasteiger partial charge in [-0.05, 0) is 37.2 Å². The lowest BCUT2D eigenvalue weighted by molar-refractivity contribution is 0.482. The molecule has 0 aliphatic heterocycles. The van der Waals surface area contributed by atoms with Crippen LogP contribution in [-0.4, -0.2) is 7.05 Å². The molecule has 0 bridgehead atoms. The van der Waals surface area contributed by atoms with E-state index in [0.29, 0.717) is 10.6 Å². The number of aryl methyl sites for hydroxylation is 1. The molecule has 0 saturated heterocycles. The second kappa shape index (κ2) is 5.68. The third kappa shape index (κ3) is 2.77. The minimum atomic E-state index is -0.811. The van der Waals surface area contributed by atoms with Gasteiger partial charge < -0.3 is 5.32 Å². The first-order valence-electron chi connectivity index (χ1n) is 5.92. The van der Waals surface area contributed by atoms with Gasteiger partial charge in [-0.25, -0.2) is 8.78 Å². The highest BCUT2D eigenvalue weighted by molar-refractivity contribution is 6.30. The Bertz CT molecular complexity index is 581. The van der Waals surface area contributed by atoms with Gasteiger partial charge in [0.25, 0.3) is 0 Å². The van der Waals surface area contributed by atoms with E-state index in [-0.39, 0.29) is 5.56 Å². The predicted octanol–water partition coefficient (Wildman–Crippen LogP) is 4.24. The molecule has 19 heavy (non-hydrogen) atoms. The van der Waals surface area contributed by atoms with E-state index in [9.17, 15) is 8.78 Å². The van der Waals surface area contributed by atoms with Crippen LogP contribution in [0.25, 0.3) is 0 Å². The fourth-order valence-electron chi connectivity index (χ4n) is 2.04. The van der Waals surface area contributed by atoms with Crippen molar-refractivity contribution in [1.82, 2.24) is 5.32 Å². The minimum absolute atomic E-state index is 0.285. The molecule has 2 aromatic carbocycles. The molecule has 1 atom stereocenters. The van der Waals surface area contributed by atoms with Crippen molar-refractivity contribution in [3.8, 4) is 0 Å². The van der Waals surface area contributed by atoms with Gasteiger partial charge in [0.05, 0.1) is 6.04 Å². The van der Waals surface area contributed by atoms with Gasteiger partial charge in [0.2, 0.25) is 0 Å². The van der Waals surface area contributed by atoms with Gasteiger partial charge in [-0.1, -0.05) is 35.9 Å². The normalized spacial score (nSPS) is 12.5. The number of hydrogen-bond donors (Lipinski definition) is 1. The van der Waals surface area contributed by atoms with Crippen LogP contribution in [0, 0.1) is 18.6 Å². The van der Waals surface area contributed by atoms with E-state index in [0.717, 1.165) is 5.56 Å². The monoisotopic (exact) mass is 281 g/mol. The number of halogens is 3. The number of benzene rings is 2. The summed E-state index contributed by atoms with van der Waals surface area (Å²) in [7, 11) is 1.70. The Morgan fingerprint density at radius 3 is 2.21 bits per heavy atom. The van der Waals surface area contributed by atoms with Crippen LogP contribution in [0.3, 0.4) is 0 Å². The number of nitrogens with one attached hydrogen (secondary N) is 1. The fourth-order valence-corrected chi connectivity index (χ4v) is 2.17. The second-order valence-electron chi connectivity index (χ2n) is 4.37. The van der Waals surface area contributed by atoms with Gasteiger partial charge in [0.1, 0.15) is 0 Å². The molecule has 0 amide bonds. The molecule has 0 saturated carbocycles. The first kappa shape index (κ1) is 14.0. The molecule has 0 fully saturated rings. The summed E-state index contributed by atoms with van der Waals surface area (Å²) in [6, 6.07) is 9.80. The van der Waals surface area contributed by atoms with E-state index >= 15 is 0 Å². The van der Waals surface area contributed by atoms with Crippen LogP contribution in [0.1, 0.15) is 22.7 Å². The maximum absolute atomic E-state index is 14.0. The van der Waals surface area contributed by atoms with Crippen LogP contribution >= 0.6 is 11.6 Å². The quantitative estimate of drug-likeness (QED) is 0.887. The summed E-state index contributed by atoms with van der Waals surface area (Å²) in [5.74, 6) is -1.61. The van der Waals surface area contributed by atoms with Gasteiger partial charge in [0.15, 0.2) is 11.6 Å². The Morgan fingerprint density at radius 2 is 1.63 bits per heavy atom. The van der Waals surface area contributed by atoms with Gasteiger partial charge in [-0.3, -0.25) is 0 Å². The van der Waals surface area contributed by atoms with Crippen molar-refractivity contribution >= 4 is 11.6 Å². The molecule has 2 aromatic rings. The molecule has 1 N–H and O–H groups in total. The molecular weight excluding hydrogens is 268 g/mol. The van der Waals surface area contributed by atoms with Crippen LogP contribution in [0.2, 0.25) is 5.02 Å². The van der Waals surface area contributed by atoms with E-state index in [1.807, 2.05) is 0 Å². The minimum Gasteiger partial charge on any atom is -0.309 e. The zero-order valence-corrected chi connectivity index (χ0v) is 11.4. The molecule has 4 heteroatoms. The largest absolute Gasteiger partial charge is 0.309 e. The van der Waals surface area contributed by atoms with Crippen LogP contribution in [0.15, 0.2) is 36.4 Å². The summed E-state index contributed by atoms with van der Waals surface area (Å²) in [5.41, 5.74) is 1.41. The molecule has 0 radical (unpaired) electrons. The predicted molar refractivity (Wildman–Crippen MR) is 73.4 cm³/mol. The summed E-state index contributed by atoms with van der Waals surface area (Å²) in [6.07, 6.45) is 0. The van der Waals surface area contributed by atoms with Crippen molar-refractivity contribution < 1.29 is 8.78 Å². The SMILES string of the molecule is CNC(c1ccc(Cl)cc1)c1ccc(C)c(F)c1F. The summed E-state index contributed by atoms with van der Waals surface area (Å²) in [6.45, 7) is 1.54. The number of hydrogen-bond acceptors (Lipinski definition) is 1. The lowest BCUT2D eigenvalue weighted by Gasteiger charge is -2.18. The van der Waals surface area contributed by atoms with Crippen LogP contribution in [-0.2, 0) is 0 Å². The Morgan fingerprint density at radius 1 is 1.00 bits per heavy atom.